The molecule has 0 saturated carbocycles. The van der Waals surface area contributed by atoms with E-state index in [1.807, 2.05) is 29.7 Å². The number of hydrogen-bond donors (Lipinski definition) is 0. The van der Waals surface area contributed by atoms with Gasteiger partial charge >= 0.3 is 12.1 Å². The molecule has 0 fully saturated rings. The van der Waals surface area contributed by atoms with Crippen LogP contribution < -0.4 is 0 Å². The lowest BCUT2D eigenvalue weighted by atomic mass is 10.2. The number of esters is 1. The SMILES string of the molecule is C[C@H](OC(=O)OC(C)(C)C)C(=O)OCn1ccc(/C=C/c2cccs2)n1. The van der Waals surface area contributed by atoms with E-state index < -0.39 is 23.8 Å². The Bertz CT molecular complexity index is 759. The first kappa shape index (κ1) is 19.7. The summed E-state index contributed by atoms with van der Waals surface area (Å²) >= 11 is 1.63. The van der Waals surface area contributed by atoms with E-state index >= 15 is 0 Å². The van der Waals surface area contributed by atoms with E-state index in [0.29, 0.717) is 0 Å². The first-order chi connectivity index (χ1) is 12.2. The molecule has 7 nitrogen and oxygen atoms in total. The Balaban J connectivity index is 1.79. The van der Waals surface area contributed by atoms with Gasteiger partial charge in [0, 0.05) is 11.1 Å². The second-order valence-electron chi connectivity index (χ2n) is 6.45. The van der Waals surface area contributed by atoms with Gasteiger partial charge in [0.2, 0.25) is 0 Å². The zero-order valence-electron chi connectivity index (χ0n) is 15.2. The van der Waals surface area contributed by atoms with Crippen LogP contribution in [0.4, 0.5) is 4.79 Å². The van der Waals surface area contributed by atoms with Crippen LogP contribution in [0.5, 0.6) is 0 Å². The highest BCUT2D eigenvalue weighted by atomic mass is 32.1. The Labute approximate surface area is 156 Å². The van der Waals surface area contributed by atoms with Crippen molar-refractivity contribution < 1.29 is 23.8 Å². The van der Waals surface area contributed by atoms with Crippen molar-refractivity contribution in [2.75, 3.05) is 0 Å². The normalized spacial score (nSPS) is 12.8. The Morgan fingerprint density at radius 1 is 1.31 bits per heavy atom. The summed E-state index contributed by atoms with van der Waals surface area (Å²) in [6.07, 6.45) is 3.54. The minimum absolute atomic E-state index is 0.0757. The monoisotopic (exact) mass is 378 g/mol. The van der Waals surface area contributed by atoms with Crippen molar-refractivity contribution in [1.29, 1.82) is 0 Å². The van der Waals surface area contributed by atoms with E-state index in [1.165, 1.54) is 11.6 Å². The Kier molecular flexibility index (Phi) is 6.57. The van der Waals surface area contributed by atoms with Gasteiger partial charge in [-0.15, -0.1) is 11.3 Å². The zero-order chi connectivity index (χ0) is 19.2. The molecule has 0 aliphatic carbocycles. The van der Waals surface area contributed by atoms with Gasteiger partial charge in [0.05, 0.1) is 5.69 Å². The van der Waals surface area contributed by atoms with Gasteiger partial charge < -0.3 is 14.2 Å². The zero-order valence-corrected chi connectivity index (χ0v) is 16.0. The number of rotatable bonds is 6. The van der Waals surface area contributed by atoms with Crippen molar-refractivity contribution in [3.05, 3.63) is 40.3 Å². The average molecular weight is 378 g/mol. The van der Waals surface area contributed by atoms with E-state index in [4.69, 9.17) is 14.2 Å². The van der Waals surface area contributed by atoms with Gasteiger partial charge in [-0.25, -0.2) is 14.3 Å². The lowest BCUT2D eigenvalue weighted by Crippen LogP contribution is -2.31. The predicted octanol–water partition coefficient (Wildman–Crippen LogP) is 3.96. The Hall–Kier alpha value is -2.61. The molecule has 0 unspecified atom stereocenters. The molecule has 2 aromatic heterocycles. The molecule has 0 N–H and O–H groups in total. The molecule has 0 spiro atoms. The molecular formula is C18H22N2O5S. The summed E-state index contributed by atoms with van der Waals surface area (Å²) in [4.78, 5) is 24.6. The summed E-state index contributed by atoms with van der Waals surface area (Å²) in [5, 5.41) is 6.27. The summed E-state index contributed by atoms with van der Waals surface area (Å²) in [7, 11) is 0. The van der Waals surface area contributed by atoms with Crippen molar-refractivity contribution >= 4 is 35.6 Å². The fourth-order valence-corrected chi connectivity index (χ4v) is 2.42. The Morgan fingerprint density at radius 2 is 2.08 bits per heavy atom. The maximum absolute atomic E-state index is 11.9. The van der Waals surface area contributed by atoms with Crippen molar-refractivity contribution in [2.24, 2.45) is 0 Å². The molecule has 0 bridgehead atoms. The minimum Gasteiger partial charge on any atom is -0.440 e. The number of carbonyl (C=O) groups is 2. The van der Waals surface area contributed by atoms with Crippen LogP contribution in [0.2, 0.25) is 0 Å². The van der Waals surface area contributed by atoms with E-state index in [2.05, 4.69) is 5.10 Å². The van der Waals surface area contributed by atoms with E-state index in [0.717, 1.165) is 10.6 Å². The van der Waals surface area contributed by atoms with E-state index in [1.54, 1.807) is 44.4 Å². The highest BCUT2D eigenvalue weighted by molar-refractivity contribution is 7.10. The number of carbonyl (C=O) groups excluding carboxylic acids is 2. The van der Waals surface area contributed by atoms with Gasteiger partial charge in [-0.1, -0.05) is 6.07 Å². The van der Waals surface area contributed by atoms with Gasteiger partial charge in [-0.3, -0.25) is 0 Å². The topological polar surface area (TPSA) is 79.6 Å². The minimum atomic E-state index is -1.07. The van der Waals surface area contributed by atoms with Crippen molar-refractivity contribution in [1.82, 2.24) is 9.78 Å². The average Bonchev–Trinajstić information content (AvgIpc) is 3.20. The number of aromatic nitrogens is 2. The third kappa shape index (κ3) is 6.72. The largest absolute Gasteiger partial charge is 0.509 e. The fourth-order valence-electron chi connectivity index (χ4n) is 1.81. The number of ether oxygens (including phenoxy) is 3. The van der Waals surface area contributed by atoms with Gasteiger partial charge in [0.1, 0.15) is 5.60 Å². The van der Waals surface area contributed by atoms with Gasteiger partial charge in [-0.05, 0) is 57.4 Å². The van der Waals surface area contributed by atoms with Crippen LogP contribution in [0.15, 0.2) is 29.8 Å². The molecule has 0 saturated heterocycles. The molecule has 0 radical (unpaired) electrons. The van der Waals surface area contributed by atoms with Gasteiger partial charge in [0.15, 0.2) is 12.8 Å². The number of nitrogens with zero attached hydrogens (tertiary/aromatic N) is 2. The lowest BCUT2D eigenvalue weighted by Gasteiger charge is -2.20. The van der Waals surface area contributed by atoms with E-state index in [9.17, 15) is 9.59 Å². The van der Waals surface area contributed by atoms with Crippen LogP contribution in [-0.2, 0) is 25.7 Å². The predicted molar refractivity (Wildman–Crippen MR) is 98.3 cm³/mol. The summed E-state index contributed by atoms with van der Waals surface area (Å²) in [6, 6.07) is 5.79. The molecule has 0 amide bonds. The van der Waals surface area contributed by atoms with Crippen LogP contribution in [0.3, 0.4) is 0 Å². The van der Waals surface area contributed by atoms with E-state index in [-0.39, 0.29) is 6.73 Å². The highest BCUT2D eigenvalue weighted by Crippen LogP contribution is 2.13. The second-order valence-corrected chi connectivity index (χ2v) is 7.43. The van der Waals surface area contributed by atoms with Crippen LogP contribution in [0.25, 0.3) is 12.2 Å². The fraction of sp³-hybridized carbons (Fsp3) is 0.389. The molecule has 0 aliphatic heterocycles. The number of thiophene rings is 1. The van der Waals surface area contributed by atoms with Crippen LogP contribution in [0, 0.1) is 0 Å². The first-order valence-corrected chi connectivity index (χ1v) is 8.92. The van der Waals surface area contributed by atoms with Crippen molar-refractivity contribution in [2.45, 2.75) is 46.1 Å². The quantitative estimate of drug-likeness (QED) is 0.708. The standard InChI is InChI=1S/C18H22N2O5S/c1-13(24-17(22)25-18(2,3)4)16(21)23-12-20-10-9-14(19-20)7-8-15-6-5-11-26-15/h5-11,13H,12H2,1-4H3/b8-7+/t13-/m0/s1. The summed E-state index contributed by atoms with van der Waals surface area (Å²) in [5.41, 5.74) is 0.0514. The molecule has 2 heterocycles. The molecule has 2 rings (SSSR count). The molecule has 1 atom stereocenters. The molecule has 140 valence electrons. The van der Waals surface area contributed by atoms with Crippen LogP contribution >= 0.6 is 11.3 Å². The maximum Gasteiger partial charge on any atom is 0.509 e. The first-order valence-electron chi connectivity index (χ1n) is 8.04. The third-order valence-corrected chi connectivity index (χ3v) is 3.79. The van der Waals surface area contributed by atoms with Crippen molar-refractivity contribution in [3.63, 3.8) is 0 Å². The van der Waals surface area contributed by atoms with Gasteiger partial charge in [0.25, 0.3) is 0 Å². The second kappa shape index (κ2) is 8.66. The highest BCUT2D eigenvalue weighted by Gasteiger charge is 2.24. The van der Waals surface area contributed by atoms with Crippen LogP contribution in [-0.4, -0.2) is 33.6 Å². The summed E-state index contributed by atoms with van der Waals surface area (Å²) in [5.74, 6) is -0.679. The maximum atomic E-state index is 11.9. The van der Waals surface area contributed by atoms with Crippen LogP contribution in [0.1, 0.15) is 38.3 Å². The lowest BCUT2D eigenvalue weighted by molar-refractivity contribution is -0.159. The van der Waals surface area contributed by atoms with Crippen molar-refractivity contribution in [3.8, 4) is 0 Å². The molecule has 2 aromatic rings. The molecule has 0 aliphatic rings. The summed E-state index contributed by atoms with van der Waals surface area (Å²) < 4.78 is 16.4. The molecule has 0 aromatic carbocycles. The van der Waals surface area contributed by atoms with Gasteiger partial charge in [-0.2, -0.15) is 5.10 Å². The third-order valence-electron chi connectivity index (χ3n) is 2.96. The smallest absolute Gasteiger partial charge is 0.440 e. The summed E-state index contributed by atoms with van der Waals surface area (Å²) in [6.45, 7) is 6.47. The molecular weight excluding hydrogens is 356 g/mol. The molecule has 26 heavy (non-hydrogen) atoms. The number of hydrogen-bond acceptors (Lipinski definition) is 7. The molecule has 8 heteroatoms. The Morgan fingerprint density at radius 3 is 2.73 bits per heavy atom.